The molecule has 0 atom stereocenters. The van der Waals surface area contributed by atoms with Crippen LogP contribution < -0.4 is 5.32 Å². The number of aryl methyl sites for hydroxylation is 1. The van der Waals surface area contributed by atoms with Crippen molar-refractivity contribution in [1.29, 1.82) is 0 Å². The summed E-state index contributed by atoms with van der Waals surface area (Å²) < 4.78 is 4.39. The van der Waals surface area contributed by atoms with Gasteiger partial charge in [-0.15, -0.1) is 0 Å². The maximum atomic E-state index is 12.4. The Balaban J connectivity index is 1.30. The van der Waals surface area contributed by atoms with Gasteiger partial charge < -0.3 is 9.88 Å². The summed E-state index contributed by atoms with van der Waals surface area (Å²) in [7, 11) is 0. The number of aromatic nitrogens is 5. The smallest absolute Gasteiger partial charge is 0.222 e. The van der Waals surface area contributed by atoms with E-state index in [2.05, 4.69) is 32.6 Å². The average molecular weight is 433 g/mol. The standard InChI is InChI=1S/C23H24N6OS/c1-17-2-8-20(9-3-17)22-26-27-23(31)29(22)12-10-21(30)25-14-18-4-6-19(7-5-18)15-28-13-11-24-16-28/h2-9,11,13,16H,10,12,14-15H2,1H3,(H,25,30)(H,27,31). The molecule has 0 saturated carbocycles. The maximum Gasteiger partial charge on any atom is 0.222 e. The molecule has 158 valence electrons. The Bertz CT molecular complexity index is 1190. The molecule has 4 aromatic rings. The van der Waals surface area contributed by atoms with E-state index in [4.69, 9.17) is 12.2 Å². The molecule has 0 unspecified atom stereocenters. The van der Waals surface area contributed by atoms with Crippen molar-refractivity contribution in [3.8, 4) is 11.4 Å². The molecule has 0 aliphatic carbocycles. The Morgan fingerprint density at radius 1 is 1.10 bits per heavy atom. The third-order valence-corrected chi connectivity index (χ3v) is 5.38. The zero-order valence-electron chi connectivity index (χ0n) is 17.3. The highest BCUT2D eigenvalue weighted by atomic mass is 32.1. The SMILES string of the molecule is Cc1ccc(-c2n[nH]c(=S)n2CCC(=O)NCc2ccc(Cn3ccnc3)cc2)cc1. The van der Waals surface area contributed by atoms with Gasteiger partial charge >= 0.3 is 0 Å². The van der Waals surface area contributed by atoms with E-state index < -0.39 is 0 Å². The van der Waals surface area contributed by atoms with Crippen LogP contribution in [0, 0.1) is 11.7 Å². The number of hydrogen-bond acceptors (Lipinski definition) is 4. The predicted molar refractivity (Wildman–Crippen MR) is 122 cm³/mol. The van der Waals surface area contributed by atoms with E-state index in [1.165, 1.54) is 11.1 Å². The Kier molecular flexibility index (Phi) is 6.37. The number of rotatable bonds is 8. The lowest BCUT2D eigenvalue weighted by molar-refractivity contribution is -0.121. The normalized spacial score (nSPS) is 10.9. The third-order valence-electron chi connectivity index (χ3n) is 5.07. The fourth-order valence-electron chi connectivity index (χ4n) is 3.30. The van der Waals surface area contributed by atoms with Gasteiger partial charge in [0.25, 0.3) is 0 Å². The number of carbonyl (C=O) groups excluding carboxylic acids is 1. The van der Waals surface area contributed by atoms with E-state index in [-0.39, 0.29) is 5.91 Å². The van der Waals surface area contributed by atoms with Gasteiger partial charge in [-0.3, -0.25) is 14.5 Å². The molecule has 2 N–H and O–H groups in total. The van der Waals surface area contributed by atoms with E-state index in [1.54, 1.807) is 12.5 Å². The molecule has 7 nitrogen and oxygen atoms in total. The second-order valence-corrected chi connectivity index (χ2v) is 7.83. The molecule has 2 heterocycles. The highest BCUT2D eigenvalue weighted by Gasteiger charge is 2.10. The van der Waals surface area contributed by atoms with Crippen molar-refractivity contribution in [1.82, 2.24) is 29.6 Å². The van der Waals surface area contributed by atoms with Gasteiger partial charge in [-0.25, -0.2) is 4.98 Å². The van der Waals surface area contributed by atoms with Crippen molar-refractivity contribution in [3.05, 3.63) is 88.7 Å². The van der Waals surface area contributed by atoms with Crippen molar-refractivity contribution in [2.45, 2.75) is 33.0 Å². The largest absolute Gasteiger partial charge is 0.352 e. The molecule has 8 heteroatoms. The minimum Gasteiger partial charge on any atom is -0.352 e. The summed E-state index contributed by atoms with van der Waals surface area (Å²) in [6.07, 6.45) is 5.82. The van der Waals surface area contributed by atoms with Crippen molar-refractivity contribution in [2.24, 2.45) is 0 Å². The first-order chi connectivity index (χ1) is 15.1. The zero-order chi connectivity index (χ0) is 21.6. The number of nitrogens with zero attached hydrogens (tertiary/aromatic N) is 4. The first-order valence-corrected chi connectivity index (χ1v) is 10.5. The molecule has 4 rings (SSSR count). The lowest BCUT2D eigenvalue weighted by Crippen LogP contribution is -2.24. The van der Waals surface area contributed by atoms with Gasteiger partial charge in [0.05, 0.1) is 6.33 Å². The van der Waals surface area contributed by atoms with Gasteiger partial charge in [-0.1, -0.05) is 54.1 Å². The fraction of sp³-hybridized carbons (Fsp3) is 0.217. The summed E-state index contributed by atoms with van der Waals surface area (Å²) >= 11 is 5.35. The highest BCUT2D eigenvalue weighted by Crippen LogP contribution is 2.18. The van der Waals surface area contributed by atoms with Gasteiger partial charge in [0.2, 0.25) is 5.91 Å². The number of aromatic amines is 1. The van der Waals surface area contributed by atoms with Crippen LogP contribution in [0.25, 0.3) is 11.4 Å². The summed E-state index contributed by atoms with van der Waals surface area (Å²) in [6, 6.07) is 16.3. The molecule has 31 heavy (non-hydrogen) atoms. The molecule has 0 radical (unpaired) electrons. The number of nitrogens with one attached hydrogen (secondary N) is 2. The third kappa shape index (κ3) is 5.35. The molecular weight excluding hydrogens is 408 g/mol. The summed E-state index contributed by atoms with van der Waals surface area (Å²) in [5.74, 6) is 0.715. The van der Waals surface area contributed by atoms with E-state index in [1.807, 2.05) is 58.7 Å². The number of hydrogen-bond donors (Lipinski definition) is 2. The van der Waals surface area contributed by atoms with Gasteiger partial charge in [-0.2, -0.15) is 5.10 Å². The first-order valence-electron chi connectivity index (χ1n) is 10.1. The molecule has 0 aliphatic rings. The van der Waals surface area contributed by atoms with E-state index in [0.717, 1.165) is 23.5 Å². The number of H-pyrrole nitrogens is 1. The van der Waals surface area contributed by atoms with Crippen LogP contribution in [0.4, 0.5) is 0 Å². The molecule has 0 saturated heterocycles. The number of amides is 1. The summed E-state index contributed by atoms with van der Waals surface area (Å²) in [5, 5.41) is 10.1. The Morgan fingerprint density at radius 3 is 2.55 bits per heavy atom. The molecule has 0 bridgehead atoms. The number of carbonyl (C=O) groups is 1. The van der Waals surface area contributed by atoms with Crippen LogP contribution in [0.3, 0.4) is 0 Å². The van der Waals surface area contributed by atoms with Crippen LogP contribution in [0.1, 0.15) is 23.1 Å². The van der Waals surface area contributed by atoms with Crippen LogP contribution in [-0.4, -0.2) is 30.2 Å². The van der Waals surface area contributed by atoms with Crippen molar-refractivity contribution in [3.63, 3.8) is 0 Å². The van der Waals surface area contributed by atoms with Gasteiger partial charge in [-0.05, 0) is 30.3 Å². The predicted octanol–water partition coefficient (Wildman–Crippen LogP) is 3.87. The van der Waals surface area contributed by atoms with Crippen molar-refractivity contribution < 1.29 is 4.79 Å². The average Bonchev–Trinajstić information content (AvgIpc) is 3.42. The Labute approximate surface area is 185 Å². The van der Waals surface area contributed by atoms with E-state index >= 15 is 0 Å². The number of imidazole rings is 1. The summed E-state index contributed by atoms with van der Waals surface area (Å²) in [4.78, 5) is 16.4. The quantitative estimate of drug-likeness (QED) is 0.414. The molecular formula is C23H24N6OS. The summed E-state index contributed by atoms with van der Waals surface area (Å²) in [6.45, 7) is 3.78. The second kappa shape index (κ2) is 9.53. The topological polar surface area (TPSA) is 80.5 Å². The summed E-state index contributed by atoms with van der Waals surface area (Å²) in [5.41, 5.74) is 4.39. The van der Waals surface area contributed by atoms with Crippen molar-refractivity contribution >= 4 is 18.1 Å². The van der Waals surface area contributed by atoms with Crippen LogP contribution in [0.15, 0.2) is 67.3 Å². The van der Waals surface area contributed by atoms with E-state index in [9.17, 15) is 4.79 Å². The van der Waals surface area contributed by atoms with Gasteiger partial charge in [0, 0.05) is 44.0 Å². The minimum absolute atomic E-state index is 0.0274. The van der Waals surface area contributed by atoms with Crippen LogP contribution >= 0.6 is 12.2 Å². The zero-order valence-corrected chi connectivity index (χ0v) is 18.1. The molecule has 1 amide bonds. The first kappa shape index (κ1) is 20.7. The lowest BCUT2D eigenvalue weighted by Gasteiger charge is -2.09. The molecule has 0 spiro atoms. The fourth-order valence-corrected chi connectivity index (χ4v) is 3.53. The molecule has 0 aliphatic heterocycles. The van der Waals surface area contributed by atoms with Crippen LogP contribution in [0.2, 0.25) is 0 Å². The van der Waals surface area contributed by atoms with Gasteiger partial charge in [0.1, 0.15) is 0 Å². The lowest BCUT2D eigenvalue weighted by atomic mass is 10.1. The molecule has 2 aromatic carbocycles. The van der Waals surface area contributed by atoms with Crippen LogP contribution in [0.5, 0.6) is 0 Å². The van der Waals surface area contributed by atoms with Crippen LogP contribution in [-0.2, 0) is 24.4 Å². The van der Waals surface area contributed by atoms with E-state index in [0.29, 0.717) is 24.3 Å². The highest BCUT2D eigenvalue weighted by molar-refractivity contribution is 7.71. The Morgan fingerprint density at radius 2 is 1.84 bits per heavy atom. The maximum absolute atomic E-state index is 12.4. The second-order valence-electron chi connectivity index (χ2n) is 7.45. The molecule has 2 aromatic heterocycles. The van der Waals surface area contributed by atoms with Crippen molar-refractivity contribution in [2.75, 3.05) is 0 Å². The Hall–Kier alpha value is -3.52. The molecule has 0 fully saturated rings. The monoisotopic (exact) mass is 432 g/mol. The van der Waals surface area contributed by atoms with Gasteiger partial charge in [0.15, 0.2) is 10.6 Å². The number of benzene rings is 2. The minimum atomic E-state index is -0.0274.